The lowest BCUT2D eigenvalue weighted by molar-refractivity contribution is -0.138. The van der Waals surface area contributed by atoms with Crippen LogP contribution in [0.25, 0.3) is 6.08 Å². The van der Waals surface area contributed by atoms with Crippen LogP contribution in [0.15, 0.2) is 63.7 Å². The van der Waals surface area contributed by atoms with Gasteiger partial charge >= 0.3 is 5.97 Å². The van der Waals surface area contributed by atoms with Gasteiger partial charge in [0.25, 0.3) is 5.91 Å². The summed E-state index contributed by atoms with van der Waals surface area (Å²) >= 11 is 7.12. The minimum atomic E-state index is -0.774. The topological polar surface area (TPSA) is 94.4 Å². The van der Waals surface area contributed by atoms with Crippen LogP contribution in [-0.2, 0) is 9.53 Å². The van der Waals surface area contributed by atoms with Crippen LogP contribution in [0.4, 0.5) is 0 Å². The van der Waals surface area contributed by atoms with Crippen LogP contribution < -0.4 is 9.47 Å². The number of aliphatic hydroxyl groups excluding tert-OH is 1. The third kappa shape index (κ3) is 6.71. The van der Waals surface area contributed by atoms with Gasteiger partial charge in [0, 0.05) is 0 Å². The third-order valence-corrected chi connectivity index (χ3v) is 6.16. The lowest BCUT2D eigenvalue weighted by Crippen LogP contribution is -2.14. The highest BCUT2D eigenvalue weighted by atomic mass is 35.5. The van der Waals surface area contributed by atoms with Gasteiger partial charge in [-0.05, 0) is 55.7 Å². The van der Waals surface area contributed by atoms with Gasteiger partial charge in [-0.1, -0.05) is 55.4 Å². The van der Waals surface area contributed by atoms with Gasteiger partial charge in [0.05, 0.1) is 35.3 Å². The van der Waals surface area contributed by atoms with Crippen LogP contribution in [0.1, 0.15) is 43.6 Å². The summed E-state index contributed by atoms with van der Waals surface area (Å²) in [5.41, 5.74) is 0.715. The Morgan fingerprint density at radius 2 is 1.83 bits per heavy atom. The van der Waals surface area contributed by atoms with Crippen molar-refractivity contribution >= 4 is 46.4 Å². The summed E-state index contributed by atoms with van der Waals surface area (Å²) < 4.78 is 16.7. The van der Waals surface area contributed by atoms with Crippen molar-refractivity contribution < 1.29 is 28.9 Å². The molecule has 1 amide bonds. The van der Waals surface area contributed by atoms with E-state index in [1.165, 1.54) is 6.07 Å². The quantitative estimate of drug-likeness (QED) is 0.372. The molecule has 7 nitrogen and oxygen atoms in total. The summed E-state index contributed by atoms with van der Waals surface area (Å²) in [6, 6.07) is 11.9. The van der Waals surface area contributed by atoms with Crippen LogP contribution >= 0.6 is 23.4 Å². The average Bonchev–Trinajstić information content (AvgIpc) is 3.13. The number of aliphatic imine (C=N–C) groups is 1. The number of hydrogen-bond donors (Lipinski definition) is 1. The normalized spacial score (nSPS) is 15.6. The van der Waals surface area contributed by atoms with E-state index >= 15 is 0 Å². The molecule has 190 valence electrons. The first kappa shape index (κ1) is 27.4. The molecule has 0 unspecified atom stereocenters. The second-order valence-corrected chi connectivity index (χ2v) is 9.54. The molecule has 0 radical (unpaired) electrons. The van der Waals surface area contributed by atoms with E-state index in [1.807, 2.05) is 13.0 Å². The zero-order chi connectivity index (χ0) is 26.2. The Hall–Kier alpha value is -3.23. The molecule has 0 atom stereocenters. The molecule has 3 rings (SSSR count). The van der Waals surface area contributed by atoms with Crippen LogP contribution in [-0.4, -0.2) is 41.8 Å². The maximum Gasteiger partial charge on any atom is 0.344 e. The monoisotopic (exact) mass is 529 g/mol. The third-order valence-electron chi connectivity index (χ3n) is 4.82. The van der Waals surface area contributed by atoms with Crippen molar-refractivity contribution in [3.63, 3.8) is 0 Å². The fraction of sp³-hybridized carbons (Fsp3) is 0.296. The van der Waals surface area contributed by atoms with Gasteiger partial charge < -0.3 is 19.3 Å². The molecular weight excluding hydrogens is 502 g/mol. The van der Waals surface area contributed by atoms with Crippen molar-refractivity contribution in [2.24, 2.45) is 10.9 Å². The zero-order valence-corrected chi connectivity index (χ0v) is 22.1. The molecule has 0 saturated heterocycles. The van der Waals surface area contributed by atoms with Crippen molar-refractivity contribution in [2.45, 2.75) is 27.7 Å². The van der Waals surface area contributed by atoms with Gasteiger partial charge in [-0.2, -0.15) is 0 Å². The Kier molecular flexibility index (Phi) is 9.61. The number of carbonyl (C=O) groups is 2. The molecule has 1 aliphatic heterocycles. The van der Waals surface area contributed by atoms with Gasteiger partial charge in [-0.15, -0.1) is 0 Å². The first-order valence-corrected chi connectivity index (χ1v) is 12.7. The van der Waals surface area contributed by atoms with Crippen LogP contribution in [0.3, 0.4) is 0 Å². The summed E-state index contributed by atoms with van der Waals surface area (Å²) in [6.45, 7) is 8.74. The molecule has 9 heteroatoms. The number of ether oxygens (including phenoxy) is 3. The summed E-state index contributed by atoms with van der Waals surface area (Å²) in [5, 5.41) is 11.2. The fourth-order valence-electron chi connectivity index (χ4n) is 3.19. The first-order chi connectivity index (χ1) is 17.2. The summed E-state index contributed by atoms with van der Waals surface area (Å²) in [5.74, 6) is -0.194. The molecule has 1 N–H and O–H groups in total. The van der Waals surface area contributed by atoms with Crippen molar-refractivity contribution in [1.29, 1.82) is 0 Å². The number of halogens is 1. The van der Waals surface area contributed by atoms with Crippen LogP contribution in [0, 0.1) is 5.92 Å². The zero-order valence-electron chi connectivity index (χ0n) is 20.5. The van der Waals surface area contributed by atoms with E-state index in [4.69, 9.17) is 25.8 Å². The average molecular weight is 530 g/mol. The number of thioether (sulfide) groups is 1. The SMILES string of the molecule is CCOC(=O)C1=C(O)/C(=C/c2ccc(OCC(C)C)c(OCC)c2)SC1=NC(=O)c1ccccc1Cl. The predicted octanol–water partition coefficient (Wildman–Crippen LogP) is 6.48. The largest absolute Gasteiger partial charge is 0.506 e. The van der Waals surface area contributed by atoms with Crippen LogP contribution in [0.5, 0.6) is 11.5 Å². The van der Waals surface area contributed by atoms with Gasteiger partial charge in [-0.25, -0.2) is 9.79 Å². The Bertz CT molecular complexity index is 1230. The Labute approximate surface area is 219 Å². The molecule has 2 aromatic rings. The highest BCUT2D eigenvalue weighted by Crippen LogP contribution is 2.40. The van der Waals surface area contributed by atoms with Gasteiger partial charge in [0.1, 0.15) is 16.4 Å². The molecule has 2 aromatic carbocycles. The number of benzene rings is 2. The van der Waals surface area contributed by atoms with E-state index in [9.17, 15) is 14.7 Å². The minimum absolute atomic E-state index is 0.0315. The van der Waals surface area contributed by atoms with E-state index in [0.717, 1.165) is 11.8 Å². The Morgan fingerprint density at radius 1 is 1.08 bits per heavy atom. The van der Waals surface area contributed by atoms with Crippen LogP contribution in [0.2, 0.25) is 5.02 Å². The van der Waals surface area contributed by atoms with Gasteiger partial charge in [0.15, 0.2) is 11.5 Å². The van der Waals surface area contributed by atoms with E-state index in [1.54, 1.807) is 43.3 Å². The standard InChI is InChI=1S/C27H28ClNO6S/c1-5-33-21-13-17(11-12-20(21)35-15-16(3)4)14-22-24(30)23(27(32)34-6-2)26(36-22)29-25(31)18-9-7-8-10-19(18)28/h7-14,16,30H,5-6,15H2,1-4H3/b22-14-,29-26?. The highest BCUT2D eigenvalue weighted by Gasteiger charge is 2.34. The first-order valence-electron chi connectivity index (χ1n) is 11.5. The molecule has 1 aliphatic rings. The maximum absolute atomic E-state index is 12.8. The summed E-state index contributed by atoms with van der Waals surface area (Å²) in [4.78, 5) is 29.8. The predicted molar refractivity (Wildman–Crippen MR) is 143 cm³/mol. The summed E-state index contributed by atoms with van der Waals surface area (Å²) in [6.07, 6.45) is 1.68. The molecule has 0 aliphatic carbocycles. The molecule has 0 saturated carbocycles. The number of aliphatic hydroxyl groups is 1. The van der Waals surface area contributed by atoms with E-state index in [-0.39, 0.29) is 33.6 Å². The number of carbonyl (C=O) groups excluding carboxylic acids is 2. The molecule has 0 bridgehead atoms. The van der Waals surface area contributed by atoms with E-state index in [0.29, 0.717) is 41.1 Å². The second kappa shape index (κ2) is 12.6. The molecule has 36 heavy (non-hydrogen) atoms. The number of hydrogen-bond acceptors (Lipinski definition) is 7. The highest BCUT2D eigenvalue weighted by molar-refractivity contribution is 8.18. The van der Waals surface area contributed by atoms with Crippen molar-refractivity contribution in [1.82, 2.24) is 0 Å². The number of rotatable bonds is 9. The second-order valence-electron chi connectivity index (χ2n) is 8.10. The van der Waals surface area contributed by atoms with Crippen molar-refractivity contribution in [3.8, 4) is 11.5 Å². The summed E-state index contributed by atoms with van der Waals surface area (Å²) in [7, 11) is 0. The maximum atomic E-state index is 12.8. The number of nitrogens with zero attached hydrogens (tertiary/aromatic N) is 1. The number of esters is 1. The molecular formula is C27H28ClNO6S. The molecule has 0 fully saturated rings. The smallest absolute Gasteiger partial charge is 0.344 e. The lowest BCUT2D eigenvalue weighted by atomic mass is 10.1. The lowest BCUT2D eigenvalue weighted by Gasteiger charge is -2.14. The molecule has 1 heterocycles. The van der Waals surface area contributed by atoms with Crippen molar-refractivity contribution in [2.75, 3.05) is 19.8 Å². The van der Waals surface area contributed by atoms with E-state index < -0.39 is 11.9 Å². The Balaban J connectivity index is 1.99. The van der Waals surface area contributed by atoms with E-state index in [2.05, 4.69) is 18.8 Å². The Morgan fingerprint density at radius 3 is 2.50 bits per heavy atom. The molecule has 0 aromatic heterocycles. The fourth-order valence-corrected chi connectivity index (χ4v) is 4.42. The van der Waals surface area contributed by atoms with Crippen molar-refractivity contribution in [3.05, 3.63) is 74.9 Å². The van der Waals surface area contributed by atoms with Gasteiger partial charge in [-0.3, -0.25) is 4.79 Å². The minimum Gasteiger partial charge on any atom is -0.506 e. The molecule has 0 spiro atoms. The number of amides is 1. The van der Waals surface area contributed by atoms with Gasteiger partial charge in [0.2, 0.25) is 0 Å².